The van der Waals surface area contributed by atoms with Crippen molar-refractivity contribution >= 4 is 23.5 Å². The van der Waals surface area contributed by atoms with Crippen LogP contribution in [0, 0.1) is 0 Å². The van der Waals surface area contributed by atoms with E-state index in [-0.39, 0.29) is 30.4 Å². The number of carbonyl (C=O) groups is 2. The zero-order valence-electron chi connectivity index (χ0n) is 17.7. The Morgan fingerprint density at radius 2 is 2.03 bits per heavy atom. The number of nitrogens with two attached hydrogens (primary N) is 1. The van der Waals surface area contributed by atoms with Crippen LogP contribution in [-0.2, 0) is 9.59 Å². The monoisotopic (exact) mass is 424 g/mol. The molecule has 1 atom stereocenters. The van der Waals surface area contributed by atoms with Crippen molar-refractivity contribution in [2.75, 3.05) is 31.2 Å². The van der Waals surface area contributed by atoms with Crippen molar-refractivity contribution in [3.8, 4) is 11.5 Å². The first-order valence-electron chi connectivity index (χ1n) is 10.7. The molecule has 2 aromatic rings. The van der Waals surface area contributed by atoms with Crippen molar-refractivity contribution in [1.29, 1.82) is 0 Å². The van der Waals surface area contributed by atoms with Crippen LogP contribution in [0.3, 0.4) is 0 Å². The third kappa shape index (κ3) is 5.07. The highest BCUT2D eigenvalue weighted by Gasteiger charge is 2.32. The van der Waals surface area contributed by atoms with Crippen LogP contribution < -0.4 is 20.5 Å². The first kappa shape index (κ1) is 21.0. The Labute approximate surface area is 181 Å². The molecular weight excluding hydrogens is 396 g/mol. The number of aromatic nitrogens is 1. The highest BCUT2D eigenvalue weighted by atomic mass is 16.5. The molecule has 0 unspecified atom stereocenters. The number of nitrogens with zero attached hydrogens (tertiary/aromatic N) is 2. The van der Waals surface area contributed by atoms with Gasteiger partial charge < -0.3 is 25.4 Å². The minimum atomic E-state index is -0.299. The minimum Gasteiger partial charge on any atom is -0.493 e. The number of amides is 2. The molecule has 2 aliphatic rings. The first-order chi connectivity index (χ1) is 15.0. The molecule has 1 saturated carbocycles. The highest BCUT2D eigenvalue weighted by molar-refractivity contribution is 5.94. The fourth-order valence-corrected chi connectivity index (χ4v) is 4.25. The predicted octanol–water partition coefficient (Wildman–Crippen LogP) is 2.95. The van der Waals surface area contributed by atoms with Crippen molar-refractivity contribution in [1.82, 2.24) is 9.88 Å². The molecule has 0 radical (unpaired) electrons. The van der Waals surface area contributed by atoms with Crippen molar-refractivity contribution < 1.29 is 19.1 Å². The Kier molecular flexibility index (Phi) is 6.25. The molecule has 0 spiro atoms. The fourth-order valence-electron chi connectivity index (χ4n) is 4.25. The Hall–Kier alpha value is -3.29. The molecule has 2 amide bonds. The fraction of sp³-hybridized carbons (Fsp3) is 0.435. The number of ether oxygens (including phenoxy) is 2. The van der Waals surface area contributed by atoms with Crippen LogP contribution in [0.1, 0.15) is 43.6 Å². The van der Waals surface area contributed by atoms with Gasteiger partial charge in [0.05, 0.1) is 19.8 Å². The van der Waals surface area contributed by atoms with E-state index in [1.54, 1.807) is 30.2 Å². The van der Waals surface area contributed by atoms with Gasteiger partial charge in [0.15, 0.2) is 11.5 Å². The maximum atomic E-state index is 12.5. The van der Waals surface area contributed by atoms with Crippen LogP contribution in [0.2, 0.25) is 0 Å². The molecule has 8 nitrogen and oxygen atoms in total. The lowest BCUT2D eigenvalue weighted by molar-refractivity contribution is -0.131. The van der Waals surface area contributed by atoms with Gasteiger partial charge in [0.2, 0.25) is 11.8 Å². The SMILES string of the molecule is COc1ccc([C@H]2CC(=O)N(CC(=O)Nc3cccc(N)n3)C2)cc1OC1CCCC1. The zero-order chi connectivity index (χ0) is 21.8. The maximum absolute atomic E-state index is 12.5. The van der Waals surface area contributed by atoms with E-state index >= 15 is 0 Å². The maximum Gasteiger partial charge on any atom is 0.245 e. The highest BCUT2D eigenvalue weighted by Crippen LogP contribution is 2.37. The van der Waals surface area contributed by atoms with Crippen LogP contribution >= 0.6 is 0 Å². The molecule has 4 rings (SSSR count). The molecule has 1 saturated heterocycles. The summed E-state index contributed by atoms with van der Waals surface area (Å²) in [7, 11) is 1.63. The molecule has 8 heteroatoms. The van der Waals surface area contributed by atoms with E-state index in [0.29, 0.717) is 30.4 Å². The summed E-state index contributed by atoms with van der Waals surface area (Å²) in [5.41, 5.74) is 6.66. The van der Waals surface area contributed by atoms with Gasteiger partial charge in [-0.15, -0.1) is 0 Å². The number of likely N-dealkylation sites (tertiary alicyclic amines) is 1. The average Bonchev–Trinajstić information content (AvgIpc) is 3.38. The minimum absolute atomic E-state index is 0.00243. The molecule has 1 aromatic heterocycles. The number of carbonyl (C=O) groups excluding carboxylic acids is 2. The van der Waals surface area contributed by atoms with Gasteiger partial charge in [0.1, 0.15) is 11.6 Å². The van der Waals surface area contributed by atoms with E-state index < -0.39 is 0 Å². The molecular formula is C23H28N4O4. The van der Waals surface area contributed by atoms with E-state index in [4.69, 9.17) is 15.2 Å². The summed E-state index contributed by atoms with van der Waals surface area (Å²) >= 11 is 0. The third-order valence-corrected chi connectivity index (χ3v) is 5.84. The second-order valence-electron chi connectivity index (χ2n) is 8.11. The van der Waals surface area contributed by atoms with E-state index in [1.807, 2.05) is 18.2 Å². The number of methoxy groups -OCH3 is 1. The van der Waals surface area contributed by atoms with Crippen LogP contribution in [0.4, 0.5) is 11.6 Å². The van der Waals surface area contributed by atoms with E-state index in [1.165, 1.54) is 12.8 Å². The number of benzene rings is 1. The average molecular weight is 425 g/mol. The number of rotatable bonds is 7. The lowest BCUT2D eigenvalue weighted by atomic mass is 9.98. The molecule has 3 N–H and O–H groups in total. The standard InChI is InChI=1S/C23H28N4O4/c1-30-18-10-9-15(11-19(18)31-17-5-2-3-6-17)16-12-23(29)27(13-16)14-22(28)26-21-8-4-7-20(24)25-21/h4,7-11,16-17H,2-3,5-6,12-14H2,1H3,(H3,24,25,26,28)/t16-/m0/s1. The van der Waals surface area contributed by atoms with Gasteiger partial charge in [-0.3, -0.25) is 9.59 Å². The molecule has 1 aliphatic heterocycles. The number of nitrogen functional groups attached to an aromatic ring is 1. The largest absolute Gasteiger partial charge is 0.493 e. The van der Waals surface area contributed by atoms with Crippen LogP contribution in [-0.4, -0.2) is 48.0 Å². The smallest absolute Gasteiger partial charge is 0.245 e. The summed E-state index contributed by atoms with van der Waals surface area (Å²) in [5, 5.41) is 2.69. The normalized spacial score (nSPS) is 18.9. The topological polar surface area (TPSA) is 107 Å². The van der Waals surface area contributed by atoms with Gasteiger partial charge in [-0.25, -0.2) is 4.98 Å². The van der Waals surface area contributed by atoms with E-state index in [9.17, 15) is 9.59 Å². The summed E-state index contributed by atoms with van der Waals surface area (Å²) in [6.45, 7) is 0.458. The molecule has 31 heavy (non-hydrogen) atoms. The van der Waals surface area contributed by atoms with Gasteiger partial charge >= 0.3 is 0 Å². The third-order valence-electron chi connectivity index (χ3n) is 5.84. The number of hydrogen-bond acceptors (Lipinski definition) is 6. The first-order valence-corrected chi connectivity index (χ1v) is 10.7. The molecule has 2 heterocycles. The molecule has 1 aromatic carbocycles. The quantitative estimate of drug-likeness (QED) is 0.708. The van der Waals surface area contributed by atoms with Crippen molar-refractivity contribution in [3.05, 3.63) is 42.0 Å². The second kappa shape index (κ2) is 9.24. The van der Waals surface area contributed by atoms with Gasteiger partial charge in [-0.1, -0.05) is 12.1 Å². The molecule has 0 bridgehead atoms. The van der Waals surface area contributed by atoms with E-state index in [2.05, 4.69) is 10.3 Å². The number of hydrogen-bond donors (Lipinski definition) is 2. The second-order valence-corrected chi connectivity index (χ2v) is 8.11. The van der Waals surface area contributed by atoms with Crippen LogP contribution in [0.25, 0.3) is 0 Å². The van der Waals surface area contributed by atoms with Crippen molar-refractivity contribution in [2.24, 2.45) is 0 Å². The Morgan fingerprint density at radius 3 is 2.77 bits per heavy atom. The summed E-state index contributed by atoms with van der Waals surface area (Å²) in [6.07, 6.45) is 5.06. The lowest BCUT2D eigenvalue weighted by Gasteiger charge is -2.19. The van der Waals surface area contributed by atoms with Crippen molar-refractivity contribution in [3.63, 3.8) is 0 Å². The summed E-state index contributed by atoms with van der Waals surface area (Å²) in [6, 6.07) is 10.9. The Bertz CT molecular complexity index is 958. The molecule has 1 aliphatic carbocycles. The lowest BCUT2D eigenvalue weighted by Crippen LogP contribution is -2.34. The zero-order valence-corrected chi connectivity index (χ0v) is 17.7. The van der Waals surface area contributed by atoms with Gasteiger partial charge in [0, 0.05) is 18.9 Å². The molecule has 2 fully saturated rings. The number of pyridine rings is 1. The van der Waals surface area contributed by atoms with Crippen LogP contribution in [0.5, 0.6) is 11.5 Å². The predicted molar refractivity (Wildman–Crippen MR) is 117 cm³/mol. The van der Waals surface area contributed by atoms with Gasteiger partial charge in [-0.05, 0) is 55.5 Å². The van der Waals surface area contributed by atoms with Gasteiger partial charge in [-0.2, -0.15) is 0 Å². The summed E-state index contributed by atoms with van der Waals surface area (Å²) < 4.78 is 11.7. The summed E-state index contributed by atoms with van der Waals surface area (Å²) in [5.74, 6) is 1.78. The van der Waals surface area contributed by atoms with E-state index in [0.717, 1.165) is 24.2 Å². The summed E-state index contributed by atoms with van der Waals surface area (Å²) in [4.78, 5) is 30.5. The van der Waals surface area contributed by atoms with Gasteiger partial charge in [0.25, 0.3) is 0 Å². The number of nitrogens with one attached hydrogen (secondary N) is 1. The molecule has 164 valence electrons. The Balaban J connectivity index is 1.40. The number of anilines is 2. The Morgan fingerprint density at radius 1 is 1.23 bits per heavy atom. The van der Waals surface area contributed by atoms with Crippen molar-refractivity contribution in [2.45, 2.75) is 44.1 Å². The van der Waals surface area contributed by atoms with Crippen LogP contribution in [0.15, 0.2) is 36.4 Å².